The summed E-state index contributed by atoms with van der Waals surface area (Å²) >= 11 is 1.75. The summed E-state index contributed by atoms with van der Waals surface area (Å²) in [6.07, 6.45) is 9.55. The van der Waals surface area contributed by atoms with Gasteiger partial charge >= 0.3 is 0 Å². The third-order valence-corrected chi connectivity index (χ3v) is 8.18. The standard InChI is InChI=1S/C29H38N2OS/c1-4-6-8-14-20-31(21-15-9-7-5-2)29(32)28-26-22-16-10-12-18-24(22)30(3)27(26)23-17-11-13-19-25(23)33-28/h10-13,16-19,28H,4-9,14-15,20-21H2,1-3H3. The van der Waals surface area contributed by atoms with Gasteiger partial charge in [-0.25, -0.2) is 0 Å². The van der Waals surface area contributed by atoms with Crippen LogP contribution in [0.25, 0.3) is 22.2 Å². The average Bonchev–Trinajstić information content (AvgIpc) is 3.15. The van der Waals surface area contributed by atoms with Crippen LogP contribution in [-0.4, -0.2) is 28.5 Å². The zero-order valence-electron chi connectivity index (χ0n) is 20.5. The van der Waals surface area contributed by atoms with E-state index < -0.39 is 0 Å². The highest BCUT2D eigenvalue weighted by Gasteiger charge is 2.36. The molecule has 0 saturated heterocycles. The number of fused-ring (bicyclic) bond motifs is 5. The van der Waals surface area contributed by atoms with Crippen molar-refractivity contribution in [1.29, 1.82) is 0 Å². The lowest BCUT2D eigenvalue weighted by Gasteiger charge is -2.31. The monoisotopic (exact) mass is 462 g/mol. The van der Waals surface area contributed by atoms with E-state index in [9.17, 15) is 4.79 Å². The van der Waals surface area contributed by atoms with Crippen LogP contribution in [0.3, 0.4) is 0 Å². The first-order valence-corrected chi connectivity index (χ1v) is 13.7. The van der Waals surface area contributed by atoms with E-state index in [0.29, 0.717) is 5.91 Å². The maximum Gasteiger partial charge on any atom is 0.240 e. The minimum Gasteiger partial charge on any atom is -0.343 e. The second-order valence-electron chi connectivity index (χ2n) is 9.28. The molecule has 4 rings (SSSR count). The van der Waals surface area contributed by atoms with E-state index in [1.165, 1.54) is 71.1 Å². The van der Waals surface area contributed by atoms with Crippen LogP contribution >= 0.6 is 11.8 Å². The number of amides is 1. The number of thioether (sulfide) groups is 1. The largest absolute Gasteiger partial charge is 0.343 e. The van der Waals surface area contributed by atoms with Gasteiger partial charge in [0.05, 0.1) is 5.69 Å². The van der Waals surface area contributed by atoms with Crippen molar-refractivity contribution in [2.75, 3.05) is 13.1 Å². The summed E-state index contributed by atoms with van der Waals surface area (Å²) in [6, 6.07) is 17.1. The van der Waals surface area contributed by atoms with E-state index >= 15 is 0 Å². The van der Waals surface area contributed by atoms with Crippen molar-refractivity contribution in [2.24, 2.45) is 7.05 Å². The Bertz CT molecular complexity index is 1070. The summed E-state index contributed by atoms with van der Waals surface area (Å²) in [5, 5.41) is 1.03. The molecule has 1 unspecified atom stereocenters. The fraction of sp³-hybridized carbons (Fsp3) is 0.483. The predicted molar refractivity (Wildman–Crippen MR) is 142 cm³/mol. The van der Waals surface area contributed by atoms with Gasteiger partial charge < -0.3 is 9.47 Å². The number of benzene rings is 2. The second kappa shape index (κ2) is 11.3. The molecule has 0 saturated carbocycles. The minimum atomic E-state index is -0.182. The predicted octanol–water partition coefficient (Wildman–Crippen LogP) is 7.98. The van der Waals surface area contributed by atoms with Crippen LogP contribution in [0, 0.1) is 0 Å². The smallest absolute Gasteiger partial charge is 0.240 e. The van der Waals surface area contributed by atoms with E-state index in [1.54, 1.807) is 11.8 Å². The SMILES string of the molecule is CCCCCCN(CCCCCC)C(=O)C1Sc2ccccc2-c2c1c1ccccc1n2C. The van der Waals surface area contributed by atoms with Gasteiger partial charge in [0, 0.05) is 47.1 Å². The van der Waals surface area contributed by atoms with E-state index in [0.717, 1.165) is 25.9 Å². The molecule has 4 heteroatoms. The molecule has 0 bridgehead atoms. The molecule has 2 aromatic carbocycles. The quantitative estimate of drug-likeness (QED) is 0.270. The van der Waals surface area contributed by atoms with Crippen molar-refractivity contribution in [3.63, 3.8) is 0 Å². The van der Waals surface area contributed by atoms with Gasteiger partial charge in [-0.15, -0.1) is 11.8 Å². The lowest BCUT2D eigenvalue weighted by atomic mass is 10.00. The molecule has 3 nitrogen and oxygen atoms in total. The third kappa shape index (κ3) is 5.01. The van der Waals surface area contributed by atoms with Crippen molar-refractivity contribution in [3.8, 4) is 11.3 Å². The van der Waals surface area contributed by atoms with Gasteiger partial charge in [0.2, 0.25) is 5.91 Å². The van der Waals surface area contributed by atoms with Crippen molar-refractivity contribution < 1.29 is 4.79 Å². The van der Waals surface area contributed by atoms with Gasteiger partial charge in [0.1, 0.15) is 5.25 Å². The fourth-order valence-electron chi connectivity index (χ4n) is 5.10. The lowest BCUT2D eigenvalue weighted by molar-refractivity contribution is -0.130. The van der Waals surface area contributed by atoms with Crippen molar-refractivity contribution in [3.05, 3.63) is 54.1 Å². The fourth-order valence-corrected chi connectivity index (χ4v) is 6.40. The number of hydrogen-bond donors (Lipinski definition) is 0. The lowest BCUT2D eigenvalue weighted by Crippen LogP contribution is -2.36. The number of carbonyl (C=O) groups excluding carboxylic acids is 1. The Morgan fingerprint density at radius 2 is 1.52 bits per heavy atom. The van der Waals surface area contributed by atoms with Crippen LogP contribution in [0.2, 0.25) is 0 Å². The molecule has 0 fully saturated rings. The van der Waals surface area contributed by atoms with Crippen molar-refractivity contribution >= 4 is 28.6 Å². The average molecular weight is 463 g/mol. The number of nitrogens with zero attached hydrogens (tertiary/aromatic N) is 2. The number of hydrogen-bond acceptors (Lipinski definition) is 2. The Hall–Kier alpha value is -2.20. The highest BCUT2D eigenvalue weighted by Crippen LogP contribution is 2.52. The number of rotatable bonds is 11. The number of unbranched alkanes of at least 4 members (excludes halogenated alkanes) is 6. The van der Waals surface area contributed by atoms with Crippen LogP contribution in [0.4, 0.5) is 0 Å². The summed E-state index contributed by atoms with van der Waals surface area (Å²) in [5.41, 5.74) is 4.86. The maximum atomic E-state index is 14.1. The number of aromatic nitrogens is 1. The molecule has 3 aromatic rings. The molecular weight excluding hydrogens is 424 g/mol. The molecule has 176 valence electrons. The number of carbonyl (C=O) groups is 1. The summed E-state index contributed by atoms with van der Waals surface area (Å²) in [7, 11) is 2.14. The molecular formula is C29H38N2OS. The van der Waals surface area contributed by atoms with E-state index in [1.807, 2.05) is 0 Å². The normalized spacial score (nSPS) is 14.8. The van der Waals surface area contributed by atoms with E-state index in [-0.39, 0.29) is 5.25 Å². The molecule has 1 aliphatic heterocycles. The zero-order chi connectivity index (χ0) is 23.2. The molecule has 33 heavy (non-hydrogen) atoms. The molecule has 2 heterocycles. The molecule has 0 aliphatic carbocycles. The summed E-state index contributed by atoms with van der Waals surface area (Å²) in [6.45, 7) is 6.24. The van der Waals surface area contributed by atoms with Crippen LogP contribution in [-0.2, 0) is 11.8 Å². The Kier molecular flexibility index (Phi) is 8.19. The van der Waals surface area contributed by atoms with Gasteiger partial charge in [0.15, 0.2) is 0 Å². The van der Waals surface area contributed by atoms with Gasteiger partial charge in [-0.05, 0) is 25.0 Å². The Balaban J connectivity index is 1.69. The number of para-hydroxylation sites is 1. The van der Waals surface area contributed by atoms with Gasteiger partial charge in [-0.2, -0.15) is 0 Å². The zero-order valence-corrected chi connectivity index (χ0v) is 21.3. The molecule has 0 N–H and O–H groups in total. The highest BCUT2D eigenvalue weighted by molar-refractivity contribution is 8.00. The van der Waals surface area contributed by atoms with Gasteiger partial charge in [0.25, 0.3) is 0 Å². The maximum absolute atomic E-state index is 14.1. The van der Waals surface area contributed by atoms with E-state index in [4.69, 9.17) is 0 Å². The summed E-state index contributed by atoms with van der Waals surface area (Å²) in [5.74, 6) is 0.292. The van der Waals surface area contributed by atoms with Crippen LogP contribution in [0.15, 0.2) is 53.4 Å². The van der Waals surface area contributed by atoms with Crippen LogP contribution < -0.4 is 0 Å². The number of aryl methyl sites for hydroxylation is 1. The topological polar surface area (TPSA) is 25.2 Å². The van der Waals surface area contributed by atoms with Crippen molar-refractivity contribution in [2.45, 2.75) is 75.4 Å². The van der Waals surface area contributed by atoms with E-state index in [2.05, 4.69) is 78.9 Å². The van der Waals surface area contributed by atoms with Crippen molar-refractivity contribution in [1.82, 2.24) is 9.47 Å². The first-order valence-electron chi connectivity index (χ1n) is 12.8. The molecule has 1 amide bonds. The highest BCUT2D eigenvalue weighted by atomic mass is 32.2. The van der Waals surface area contributed by atoms with Gasteiger partial charge in [-0.3, -0.25) is 4.79 Å². The molecule has 0 radical (unpaired) electrons. The summed E-state index contributed by atoms with van der Waals surface area (Å²) in [4.78, 5) is 17.5. The Labute approximate surface area is 203 Å². The third-order valence-electron chi connectivity index (χ3n) is 6.89. The second-order valence-corrected chi connectivity index (χ2v) is 10.4. The first-order chi connectivity index (χ1) is 16.2. The Morgan fingerprint density at radius 1 is 0.879 bits per heavy atom. The van der Waals surface area contributed by atoms with Crippen LogP contribution in [0.5, 0.6) is 0 Å². The summed E-state index contributed by atoms with van der Waals surface area (Å²) < 4.78 is 2.29. The molecule has 1 aromatic heterocycles. The molecule has 1 atom stereocenters. The van der Waals surface area contributed by atoms with Crippen LogP contribution in [0.1, 0.15) is 76.0 Å². The minimum absolute atomic E-state index is 0.182. The molecule has 0 spiro atoms. The molecule has 1 aliphatic rings. The van der Waals surface area contributed by atoms with Gasteiger partial charge in [-0.1, -0.05) is 88.8 Å². The Morgan fingerprint density at radius 3 is 2.21 bits per heavy atom. The first kappa shape index (κ1) is 23.9.